The molecule has 1 unspecified atom stereocenters. The fourth-order valence-corrected chi connectivity index (χ4v) is 2.95. The van der Waals surface area contributed by atoms with E-state index in [1.54, 1.807) is 12.1 Å². The van der Waals surface area contributed by atoms with Crippen LogP contribution in [0.5, 0.6) is 11.5 Å². The molecular weight excluding hydrogens is 278 g/mol. The molecule has 6 heteroatoms. The number of anilines is 1. The summed E-state index contributed by atoms with van der Waals surface area (Å²) in [5.74, 6) is 0.164. The van der Waals surface area contributed by atoms with Crippen molar-refractivity contribution in [3.8, 4) is 11.5 Å². The van der Waals surface area contributed by atoms with Crippen molar-refractivity contribution in [2.24, 2.45) is 0 Å². The molecule has 0 amide bonds. The number of alkyl halides is 2. The number of nitrogens with one attached hydrogen (secondary N) is 1. The molecule has 2 heterocycles. The zero-order valence-corrected chi connectivity index (χ0v) is 12.1. The van der Waals surface area contributed by atoms with E-state index in [0.29, 0.717) is 6.04 Å². The van der Waals surface area contributed by atoms with Gasteiger partial charge in [-0.2, -0.15) is 0 Å². The van der Waals surface area contributed by atoms with Crippen LogP contribution >= 0.6 is 0 Å². The monoisotopic (exact) mass is 298 g/mol. The second-order valence-electron chi connectivity index (χ2n) is 5.67. The number of piperidine rings is 1. The standard InChI is InChI=1S/C15H20F2N2O2/c1-19-9-3-2-4-12(19)7-8-18-11-5-6-13-14(10-11)21-15(16,17)20-13/h5-6,10,12,18H,2-4,7-9H2,1H3. The van der Waals surface area contributed by atoms with Crippen LogP contribution in [-0.2, 0) is 0 Å². The highest BCUT2D eigenvalue weighted by atomic mass is 19.3. The molecule has 1 atom stereocenters. The minimum Gasteiger partial charge on any atom is -0.395 e. The molecule has 2 aliphatic heterocycles. The van der Waals surface area contributed by atoms with Crippen molar-refractivity contribution in [2.45, 2.75) is 38.0 Å². The smallest absolute Gasteiger partial charge is 0.395 e. The van der Waals surface area contributed by atoms with Gasteiger partial charge in [-0.3, -0.25) is 0 Å². The number of nitrogens with zero attached hydrogens (tertiary/aromatic N) is 1. The van der Waals surface area contributed by atoms with E-state index >= 15 is 0 Å². The molecule has 0 spiro atoms. The van der Waals surface area contributed by atoms with E-state index in [4.69, 9.17) is 0 Å². The Morgan fingerprint density at radius 1 is 1.29 bits per heavy atom. The van der Waals surface area contributed by atoms with Gasteiger partial charge in [-0.05, 0) is 45.0 Å². The molecule has 0 saturated carbocycles. The number of ether oxygens (including phenoxy) is 2. The molecule has 1 N–H and O–H groups in total. The van der Waals surface area contributed by atoms with Crippen LogP contribution in [0.4, 0.5) is 14.5 Å². The minimum atomic E-state index is -3.55. The number of benzene rings is 1. The molecule has 21 heavy (non-hydrogen) atoms. The van der Waals surface area contributed by atoms with E-state index < -0.39 is 6.29 Å². The fourth-order valence-electron chi connectivity index (χ4n) is 2.95. The van der Waals surface area contributed by atoms with Crippen molar-refractivity contribution >= 4 is 5.69 Å². The highest BCUT2D eigenvalue weighted by molar-refractivity contribution is 5.55. The van der Waals surface area contributed by atoms with Crippen LogP contribution in [0.15, 0.2) is 18.2 Å². The quantitative estimate of drug-likeness (QED) is 0.925. The van der Waals surface area contributed by atoms with Gasteiger partial charge in [-0.15, -0.1) is 8.78 Å². The summed E-state index contributed by atoms with van der Waals surface area (Å²) in [7, 11) is 2.16. The maximum absolute atomic E-state index is 12.9. The van der Waals surface area contributed by atoms with Gasteiger partial charge in [0.2, 0.25) is 0 Å². The second-order valence-corrected chi connectivity index (χ2v) is 5.67. The molecule has 1 saturated heterocycles. The Balaban J connectivity index is 1.52. The fraction of sp³-hybridized carbons (Fsp3) is 0.600. The minimum absolute atomic E-state index is 0.0811. The zero-order chi connectivity index (χ0) is 14.9. The Hall–Kier alpha value is -1.56. The Bertz CT molecular complexity index is 510. The van der Waals surface area contributed by atoms with Crippen LogP contribution < -0.4 is 14.8 Å². The summed E-state index contributed by atoms with van der Waals surface area (Å²) in [6.07, 6.45) is 1.28. The number of rotatable bonds is 4. The van der Waals surface area contributed by atoms with Crippen molar-refractivity contribution in [1.29, 1.82) is 0 Å². The van der Waals surface area contributed by atoms with E-state index in [0.717, 1.165) is 25.2 Å². The molecule has 0 aromatic heterocycles. The van der Waals surface area contributed by atoms with Crippen molar-refractivity contribution in [3.05, 3.63) is 18.2 Å². The third-order valence-corrected chi connectivity index (χ3v) is 4.13. The number of halogens is 2. The Kier molecular flexibility index (Phi) is 3.89. The summed E-state index contributed by atoms with van der Waals surface area (Å²) in [4.78, 5) is 2.39. The van der Waals surface area contributed by atoms with Gasteiger partial charge in [0.05, 0.1) is 0 Å². The van der Waals surface area contributed by atoms with Gasteiger partial charge in [0.1, 0.15) is 0 Å². The molecule has 4 nitrogen and oxygen atoms in total. The van der Waals surface area contributed by atoms with E-state index in [9.17, 15) is 8.78 Å². The Morgan fingerprint density at radius 3 is 2.90 bits per heavy atom. The Labute approximate surface area is 123 Å². The lowest BCUT2D eigenvalue weighted by molar-refractivity contribution is -0.286. The first-order valence-electron chi connectivity index (χ1n) is 7.37. The van der Waals surface area contributed by atoms with Gasteiger partial charge in [0.15, 0.2) is 11.5 Å². The average Bonchev–Trinajstić information content (AvgIpc) is 2.74. The van der Waals surface area contributed by atoms with Gasteiger partial charge in [0, 0.05) is 24.3 Å². The summed E-state index contributed by atoms with van der Waals surface area (Å²) in [5.41, 5.74) is 0.772. The molecule has 0 radical (unpaired) electrons. The third-order valence-electron chi connectivity index (χ3n) is 4.13. The topological polar surface area (TPSA) is 33.7 Å². The van der Waals surface area contributed by atoms with Crippen LogP contribution in [-0.4, -0.2) is 37.4 Å². The van der Waals surface area contributed by atoms with Gasteiger partial charge in [-0.25, -0.2) is 0 Å². The molecule has 1 aromatic carbocycles. The van der Waals surface area contributed by atoms with Crippen LogP contribution in [0.1, 0.15) is 25.7 Å². The first-order chi connectivity index (χ1) is 10.0. The Morgan fingerprint density at radius 2 is 2.10 bits per heavy atom. The number of hydrogen-bond donors (Lipinski definition) is 1. The van der Waals surface area contributed by atoms with E-state index in [1.165, 1.54) is 25.3 Å². The predicted octanol–water partition coefficient (Wildman–Crippen LogP) is 3.29. The normalized spacial score (nSPS) is 24.0. The SMILES string of the molecule is CN1CCCCC1CCNc1ccc2c(c1)OC(F)(F)O2. The van der Waals surface area contributed by atoms with Crippen LogP contribution in [0, 0.1) is 0 Å². The molecule has 1 fully saturated rings. The van der Waals surface area contributed by atoms with E-state index in [2.05, 4.69) is 26.7 Å². The van der Waals surface area contributed by atoms with Crippen molar-refractivity contribution in [2.75, 3.05) is 25.5 Å². The molecule has 0 bridgehead atoms. The lowest BCUT2D eigenvalue weighted by Crippen LogP contribution is -2.37. The zero-order valence-electron chi connectivity index (χ0n) is 12.1. The number of hydrogen-bond acceptors (Lipinski definition) is 4. The summed E-state index contributed by atoms with van der Waals surface area (Å²) in [6, 6.07) is 5.39. The average molecular weight is 298 g/mol. The molecule has 2 aliphatic rings. The molecule has 116 valence electrons. The van der Waals surface area contributed by atoms with Gasteiger partial charge in [0.25, 0.3) is 0 Å². The largest absolute Gasteiger partial charge is 0.586 e. The van der Waals surface area contributed by atoms with Crippen molar-refractivity contribution in [3.63, 3.8) is 0 Å². The van der Waals surface area contributed by atoms with Gasteiger partial charge >= 0.3 is 6.29 Å². The second kappa shape index (κ2) is 5.67. The highest BCUT2D eigenvalue weighted by Gasteiger charge is 2.43. The molecular formula is C15H20F2N2O2. The first-order valence-corrected chi connectivity index (χ1v) is 7.37. The van der Waals surface area contributed by atoms with E-state index in [-0.39, 0.29) is 11.5 Å². The highest BCUT2D eigenvalue weighted by Crippen LogP contribution is 2.42. The molecule has 1 aromatic rings. The summed E-state index contributed by atoms with van der Waals surface area (Å²) in [6.45, 7) is 1.97. The van der Waals surface area contributed by atoms with Crippen molar-refractivity contribution in [1.82, 2.24) is 4.90 Å². The van der Waals surface area contributed by atoms with E-state index in [1.807, 2.05) is 0 Å². The van der Waals surface area contributed by atoms with Gasteiger partial charge in [-0.1, -0.05) is 6.42 Å². The van der Waals surface area contributed by atoms with Gasteiger partial charge < -0.3 is 19.7 Å². The van der Waals surface area contributed by atoms with Crippen LogP contribution in [0.2, 0.25) is 0 Å². The maximum atomic E-state index is 12.9. The maximum Gasteiger partial charge on any atom is 0.586 e. The van der Waals surface area contributed by atoms with Crippen LogP contribution in [0.25, 0.3) is 0 Å². The lowest BCUT2D eigenvalue weighted by Gasteiger charge is -2.32. The van der Waals surface area contributed by atoms with Crippen molar-refractivity contribution < 1.29 is 18.3 Å². The molecule has 0 aliphatic carbocycles. The summed E-state index contributed by atoms with van der Waals surface area (Å²) in [5, 5.41) is 3.26. The third kappa shape index (κ3) is 3.37. The lowest BCUT2D eigenvalue weighted by atomic mass is 10.0. The number of likely N-dealkylation sites (tertiary alicyclic amines) is 1. The predicted molar refractivity (Wildman–Crippen MR) is 76.0 cm³/mol. The molecule has 3 rings (SSSR count). The van der Waals surface area contributed by atoms with Crippen LogP contribution in [0.3, 0.4) is 0 Å². The summed E-state index contributed by atoms with van der Waals surface area (Å²) < 4.78 is 34.7. The summed E-state index contributed by atoms with van der Waals surface area (Å²) >= 11 is 0. The number of fused-ring (bicyclic) bond motifs is 1. The first kappa shape index (κ1) is 14.4.